The summed E-state index contributed by atoms with van der Waals surface area (Å²) in [6.07, 6.45) is 0. The molecule has 5 N–H and O–H groups in total. The first kappa shape index (κ1) is 9.90. The number of carbonyl (C=O) groups excluding carboxylic acids is 2. The van der Waals surface area contributed by atoms with Crippen LogP contribution in [-0.4, -0.2) is 23.9 Å². The third-order valence-electron chi connectivity index (χ3n) is 1.20. The Kier molecular flexibility index (Phi) is 3.53. The van der Waals surface area contributed by atoms with E-state index < -0.39 is 18.0 Å². The van der Waals surface area contributed by atoms with E-state index in [9.17, 15) is 9.59 Å². The number of hydrogen-bond donors (Lipinski definition) is 3. The van der Waals surface area contributed by atoms with E-state index in [2.05, 4.69) is 5.32 Å². The summed E-state index contributed by atoms with van der Waals surface area (Å²) in [5, 5.41) is 2.34. The Morgan fingerprint density at radius 3 is 2.09 bits per heavy atom. The smallest absolute Gasteiger partial charge is 0.239 e. The summed E-state index contributed by atoms with van der Waals surface area (Å²) in [7, 11) is 0. The van der Waals surface area contributed by atoms with Crippen LogP contribution in [0.4, 0.5) is 0 Å². The van der Waals surface area contributed by atoms with Crippen molar-refractivity contribution >= 4 is 11.8 Å². The van der Waals surface area contributed by atoms with Gasteiger partial charge in [-0.3, -0.25) is 9.59 Å². The van der Waals surface area contributed by atoms with Gasteiger partial charge in [-0.15, -0.1) is 0 Å². The molecule has 2 atom stereocenters. The van der Waals surface area contributed by atoms with Crippen LogP contribution in [0, 0.1) is 0 Å². The van der Waals surface area contributed by atoms with Crippen LogP contribution >= 0.6 is 0 Å². The van der Waals surface area contributed by atoms with Crippen LogP contribution in [0.1, 0.15) is 13.8 Å². The molecule has 0 aliphatic heterocycles. The predicted molar refractivity (Wildman–Crippen MR) is 40.4 cm³/mol. The summed E-state index contributed by atoms with van der Waals surface area (Å²) in [6.45, 7) is 3.03. The lowest BCUT2D eigenvalue weighted by atomic mass is 10.3. The molecule has 0 aromatic heterocycles. The first-order chi connectivity index (χ1) is 4.95. The minimum Gasteiger partial charge on any atom is -0.368 e. The SMILES string of the molecule is C[C@H](N)C(=O)N[C@H](C)C(N)=O. The lowest BCUT2D eigenvalue weighted by molar-refractivity contribution is -0.127. The van der Waals surface area contributed by atoms with Crippen molar-refractivity contribution < 1.29 is 9.59 Å². The van der Waals surface area contributed by atoms with Crippen molar-refractivity contribution in [3.05, 3.63) is 0 Å². The van der Waals surface area contributed by atoms with E-state index in [1.807, 2.05) is 0 Å². The summed E-state index contributed by atoms with van der Waals surface area (Å²) < 4.78 is 0. The summed E-state index contributed by atoms with van der Waals surface area (Å²) in [5.74, 6) is -0.949. The number of nitrogens with one attached hydrogen (secondary N) is 1. The second-order valence-corrected chi connectivity index (χ2v) is 2.42. The van der Waals surface area contributed by atoms with Crippen LogP contribution in [0.25, 0.3) is 0 Å². The predicted octanol–water partition coefficient (Wildman–Crippen LogP) is -1.68. The first-order valence-electron chi connectivity index (χ1n) is 3.30. The number of primary amides is 1. The van der Waals surface area contributed by atoms with Crippen molar-refractivity contribution in [2.24, 2.45) is 11.5 Å². The summed E-state index contributed by atoms with van der Waals surface area (Å²) in [6, 6.07) is -1.27. The molecule has 0 aliphatic carbocycles. The molecular formula is C6H13N3O2. The van der Waals surface area contributed by atoms with Gasteiger partial charge in [0.1, 0.15) is 6.04 Å². The normalized spacial score (nSPS) is 15.2. The van der Waals surface area contributed by atoms with E-state index >= 15 is 0 Å². The van der Waals surface area contributed by atoms with Gasteiger partial charge in [-0.2, -0.15) is 0 Å². The summed E-state index contributed by atoms with van der Waals surface area (Å²) >= 11 is 0. The molecule has 0 radical (unpaired) electrons. The summed E-state index contributed by atoms with van der Waals surface area (Å²) in [4.78, 5) is 21.2. The van der Waals surface area contributed by atoms with Gasteiger partial charge in [0.15, 0.2) is 0 Å². The Morgan fingerprint density at radius 1 is 1.36 bits per heavy atom. The second-order valence-electron chi connectivity index (χ2n) is 2.42. The third-order valence-corrected chi connectivity index (χ3v) is 1.20. The zero-order valence-electron chi connectivity index (χ0n) is 6.63. The number of nitrogens with two attached hydrogens (primary N) is 2. The highest BCUT2D eigenvalue weighted by molar-refractivity contribution is 5.88. The molecule has 0 saturated heterocycles. The molecule has 5 nitrogen and oxygen atoms in total. The van der Waals surface area contributed by atoms with Gasteiger partial charge < -0.3 is 16.8 Å². The summed E-state index contributed by atoms with van der Waals surface area (Å²) in [5.41, 5.74) is 10.1. The zero-order chi connectivity index (χ0) is 9.02. The molecule has 0 unspecified atom stereocenters. The standard InChI is InChI=1S/C6H13N3O2/c1-3(7)6(11)9-4(2)5(8)10/h3-4H,7H2,1-2H3,(H2,8,10)(H,9,11)/t3-,4+/m0/s1. The van der Waals surface area contributed by atoms with Crippen LogP contribution in [0.5, 0.6) is 0 Å². The number of rotatable bonds is 3. The topological polar surface area (TPSA) is 98.2 Å². The molecule has 0 spiro atoms. The fraction of sp³-hybridized carbons (Fsp3) is 0.667. The molecule has 5 heteroatoms. The van der Waals surface area contributed by atoms with Crippen LogP contribution in [-0.2, 0) is 9.59 Å². The third kappa shape index (κ3) is 3.57. The van der Waals surface area contributed by atoms with Gasteiger partial charge in [0.2, 0.25) is 11.8 Å². The molecular weight excluding hydrogens is 146 g/mol. The minimum absolute atomic E-state index is 0.378. The molecule has 0 aromatic carbocycles. The largest absolute Gasteiger partial charge is 0.368 e. The van der Waals surface area contributed by atoms with Crippen LogP contribution < -0.4 is 16.8 Å². The highest BCUT2D eigenvalue weighted by Gasteiger charge is 2.14. The lowest BCUT2D eigenvalue weighted by Crippen LogP contribution is -2.47. The highest BCUT2D eigenvalue weighted by atomic mass is 16.2. The van der Waals surface area contributed by atoms with Crippen molar-refractivity contribution in [2.45, 2.75) is 25.9 Å². The van der Waals surface area contributed by atoms with Crippen molar-refractivity contribution in [3.8, 4) is 0 Å². The monoisotopic (exact) mass is 159 g/mol. The highest BCUT2D eigenvalue weighted by Crippen LogP contribution is 1.81. The Morgan fingerprint density at radius 2 is 1.82 bits per heavy atom. The number of carbonyl (C=O) groups is 2. The van der Waals surface area contributed by atoms with E-state index in [0.29, 0.717) is 0 Å². The molecule has 0 bridgehead atoms. The van der Waals surface area contributed by atoms with Crippen molar-refractivity contribution in [1.82, 2.24) is 5.32 Å². The molecule has 0 saturated carbocycles. The van der Waals surface area contributed by atoms with Crippen LogP contribution in [0.15, 0.2) is 0 Å². The van der Waals surface area contributed by atoms with Gasteiger partial charge in [-0.05, 0) is 13.8 Å². The number of amides is 2. The van der Waals surface area contributed by atoms with E-state index in [4.69, 9.17) is 11.5 Å². The van der Waals surface area contributed by atoms with Gasteiger partial charge in [-0.1, -0.05) is 0 Å². The van der Waals surface area contributed by atoms with E-state index in [-0.39, 0.29) is 5.91 Å². The van der Waals surface area contributed by atoms with Crippen molar-refractivity contribution in [2.75, 3.05) is 0 Å². The zero-order valence-corrected chi connectivity index (χ0v) is 6.63. The molecule has 11 heavy (non-hydrogen) atoms. The van der Waals surface area contributed by atoms with Crippen LogP contribution in [0.3, 0.4) is 0 Å². The Balaban J connectivity index is 3.85. The molecule has 0 aliphatic rings. The molecule has 2 amide bonds. The Bertz CT molecular complexity index is 167. The Labute approximate surface area is 65.1 Å². The molecule has 0 fully saturated rings. The minimum atomic E-state index is -0.659. The first-order valence-corrected chi connectivity index (χ1v) is 3.30. The van der Waals surface area contributed by atoms with Gasteiger partial charge in [0.05, 0.1) is 6.04 Å². The quantitative estimate of drug-likeness (QED) is 0.459. The van der Waals surface area contributed by atoms with E-state index in [1.165, 1.54) is 13.8 Å². The molecule has 0 aromatic rings. The van der Waals surface area contributed by atoms with Gasteiger partial charge in [0, 0.05) is 0 Å². The Hall–Kier alpha value is -1.10. The van der Waals surface area contributed by atoms with Crippen LogP contribution in [0.2, 0.25) is 0 Å². The maximum atomic E-state index is 10.8. The average molecular weight is 159 g/mol. The fourth-order valence-electron chi connectivity index (χ4n) is 0.416. The maximum absolute atomic E-state index is 10.8. The lowest BCUT2D eigenvalue weighted by Gasteiger charge is -2.11. The van der Waals surface area contributed by atoms with Gasteiger partial charge in [0.25, 0.3) is 0 Å². The van der Waals surface area contributed by atoms with Crippen molar-refractivity contribution in [3.63, 3.8) is 0 Å². The van der Waals surface area contributed by atoms with E-state index in [0.717, 1.165) is 0 Å². The molecule has 0 heterocycles. The molecule has 0 rings (SSSR count). The molecule has 64 valence electrons. The number of hydrogen-bond acceptors (Lipinski definition) is 3. The van der Waals surface area contributed by atoms with Gasteiger partial charge in [-0.25, -0.2) is 0 Å². The van der Waals surface area contributed by atoms with Gasteiger partial charge >= 0.3 is 0 Å². The maximum Gasteiger partial charge on any atom is 0.239 e. The van der Waals surface area contributed by atoms with Crippen molar-refractivity contribution in [1.29, 1.82) is 0 Å². The average Bonchev–Trinajstić information content (AvgIpc) is 1.87. The fourth-order valence-corrected chi connectivity index (χ4v) is 0.416. The van der Waals surface area contributed by atoms with E-state index in [1.54, 1.807) is 0 Å². The second kappa shape index (κ2) is 3.92.